The van der Waals surface area contributed by atoms with Gasteiger partial charge in [0, 0.05) is 0 Å². The molecule has 0 aliphatic heterocycles. The van der Waals surface area contributed by atoms with E-state index in [-0.39, 0.29) is 16.5 Å². The molecule has 68 valence electrons. The van der Waals surface area contributed by atoms with Crippen molar-refractivity contribution in [3.63, 3.8) is 0 Å². The normalized spacial score (nSPS) is 9.31. The highest BCUT2D eigenvalue weighted by Gasteiger charge is 2.10. The summed E-state index contributed by atoms with van der Waals surface area (Å²) in [4.78, 5) is 27.9. The van der Waals surface area contributed by atoms with Gasteiger partial charge in [-0.1, -0.05) is 11.6 Å². The fraction of sp³-hybridized carbons (Fsp3) is 0. The number of hydrogen-bond acceptors (Lipinski definition) is 6. The summed E-state index contributed by atoms with van der Waals surface area (Å²) in [5.41, 5.74) is 5.31. The van der Waals surface area contributed by atoms with Crippen LogP contribution in [0, 0.1) is 4.91 Å². The lowest BCUT2D eigenvalue weighted by atomic mass is 10.3. The summed E-state index contributed by atoms with van der Waals surface area (Å²) in [5, 5.41) is 2.01. The molecule has 1 aromatic heterocycles. The van der Waals surface area contributed by atoms with Crippen molar-refractivity contribution in [2.45, 2.75) is 0 Å². The molecule has 0 fully saturated rings. The second-order valence-corrected chi connectivity index (χ2v) is 2.44. The lowest BCUT2D eigenvalue weighted by Gasteiger charge is -1.98. The van der Waals surface area contributed by atoms with Crippen molar-refractivity contribution in [1.82, 2.24) is 4.98 Å². The molecule has 0 bridgehead atoms. The van der Waals surface area contributed by atoms with Gasteiger partial charge in [-0.3, -0.25) is 4.84 Å². The summed E-state index contributed by atoms with van der Waals surface area (Å²) in [6.45, 7) is 0. The molecule has 0 spiro atoms. The zero-order valence-corrected chi connectivity index (χ0v) is 6.99. The SMILES string of the molecule is Nc1cc(C(=O)ON=O)cc(Cl)n1. The molecule has 13 heavy (non-hydrogen) atoms. The first-order valence-electron chi connectivity index (χ1n) is 3.10. The van der Waals surface area contributed by atoms with Crippen LogP contribution in [0.5, 0.6) is 0 Å². The zero-order chi connectivity index (χ0) is 9.84. The maximum atomic E-state index is 10.9. The van der Waals surface area contributed by atoms with Crippen molar-refractivity contribution in [1.29, 1.82) is 0 Å². The molecule has 2 N–H and O–H groups in total. The molecule has 0 saturated carbocycles. The number of carbonyl (C=O) groups is 1. The quantitative estimate of drug-likeness (QED) is 0.440. The molecule has 0 aliphatic rings. The van der Waals surface area contributed by atoms with Gasteiger partial charge in [0.05, 0.1) is 5.56 Å². The standard InChI is InChI=1S/C6H4ClN3O3/c7-4-1-3(2-5(8)9-4)6(11)13-10-12/h1-2H,(H2,8,9). The Morgan fingerprint density at radius 3 is 2.85 bits per heavy atom. The summed E-state index contributed by atoms with van der Waals surface area (Å²) < 4.78 is 0. The van der Waals surface area contributed by atoms with Crippen LogP contribution in [0.3, 0.4) is 0 Å². The Hall–Kier alpha value is -1.69. The van der Waals surface area contributed by atoms with E-state index in [4.69, 9.17) is 17.3 Å². The van der Waals surface area contributed by atoms with Crippen molar-refractivity contribution in [2.75, 3.05) is 5.73 Å². The first-order chi connectivity index (χ1) is 6.13. The first-order valence-corrected chi connectivity index (χ1v) is 3.48. The average Bonchev–Trinajstić information content (AvgIpc) is 2.03. The van der Waals surface area contributed by atoms with Crippen LogP contribution in [0.25, 0.3) is 0 Å². The van der Waals surface area contributed by atoms with E-state index in [1.54, 1.807) is 0 Å². The van der Waals surface area contributed by atoms with Gasteiger partial charge in [-0.15, -0.1) is 4.91 Å². The number of anilines is 1. The van der Waals surface area contributed by atoms with Crippen molar-refractivity contribution in [2.24, 2.45) is 5.34 Å². The third-order valence-electron chi connectivity index (χ3n) is 1.17. The number of nitrogens with zero attached hydrogens (tertiary/aromatic N) is 2. The van der Waals surface area contributed by atoms with E-state index in [2.05, 4.69) is 9.82 Å². The molecule has 1 heterocycles. The summed E-state index contributed by atoms with van der Waals surface area (Å²) in [6.07, 6.45) is 0. The lowest BCUT2D eigenvalue weighted by molar-refractivity contribution is 0.0508. The second kappa shape index (κ2) is 3.81. The summed E-state index contributed by atoms with van der Waals surface area (Å²) in [5.74, 6) is -0.864. The number of nitrogens with two attached hydrogens (primary N) is 1. The van der Waals surface area contributed by atoms with Crippen molar-refractivity contribution in [3.05, 3.63) is 27.8 Å². The van der Waals surface area contributed by atoms with Gasteiger partial charge in [0.2, 0.25) is 0 Å². The van der Waals surface area contributed by atoms with Crippen LogP contribution in [0.15, 0.2) is 17.5 Å². The largest absolute Gasteiger partial charge is 0.384 e. The van der Waals surface area contributed by atoms with Crippen LogP contribution in [-0.2, 0) is 4.84 Å². The fourth-order valence-corrected chi connectivity index (χ4v) is 0.937. The smallest absolute Gasteiger partial charge is 0.369 e. The first kappa shape index (κ1) is 9.40. The third-order valence-corrected chi connectivity index (χ3v) is 1.36. The molecular weight excluding hydrogens is 198 g/mol. The number of aromatic nitrogens is 1. The molecule has 6 nitrogen and oxygen atoms in total. The molecular formula is C6H4ClN3O3. The Morgan fingerprint density at radius 1 is 1.62 bits per heavy atom. The Balaban J connectivity index is 3.00. The highest BCUT2D eigenvalue weighted by molar-refractivity contribution is 6.29. The van der Waals surface area contributed by atoms with Crippen molar-refractivity contribution in [3.8, 4) is 0 Å². The van der Waals surface area contributed by atoms with Crippen LogP contribution in [0.4, 0.5) is 5.82 Å². The molecule has 0 radical (unpaired) electrons. The number of halogens is 1. The monoisotopic (exact) mass is 201 g/mol. The van der Waals surface area contributed by atoms with E-state index < -0.39 is 5.97 Å². The number of rotatable bonds is 2. The maximum absolute atomic E-state index is 10.9. The summed E-state index contributed by atoms with van der Waals surface area (Å²) in [6, 6.07) is 2.44. The highest BCUT2D eigenvalue weighted by atomic mass is 35.5. The molecule has 0 atom stereocenters. The molecule has 0 amide bonds. The number of carbonyl (C=O) groups excluding carboxylic acids is 1. The predicted octanol–water partition coefficient (Wildman–Crippen LogP) is 1.16. The van der Waals surface area contributed by atoms with E-state index in [1.807, 2.05) is 5.34 Å². The fourth-order valence-electron chi connectivity index (χ4n) is 0.722. The van der Waals surface area contributed by atoms with Gasteiger partial charge in [0.25, 0.3) is 0 Å². The number of pyridine rings is 1. The molecule has 0 aromatic carbocycles. The summed E-state index contributed by atoms with van der Waals surface area (Å²) in [7, 11) is 0. The van der Waals surface area contributed by atoms with E-state index >= 15 is 0 Å². The van der Waals surface area contributed by atoms with E-state index in [9.17, 15) is 9.70 Å². The molecule has 7 heteroatoms. The number of nitrogen functional groups attached to an aromatic ring is 1. The van der Waals surface area contributed by atoms with Gasteiger partial charge in [-0.2, -0.15) is 0 Å². The number of hydrogen-bond donors (Lipinski definition) is 1. The molecule has 0 saturated heterocycles. The summed E-state index contributed by atoms with van der Waals surface area (Å²) >= 11 is 5.49. The van der Waals surface area contributed by atoms with E-state index in [1.165, 1.54) is 12.1 Å². The van der Waals surface area contributed by atoms with Gasteiger partial charge in [-0.25, -0.2) is 9.78 Å². The van der Waals surface area contributed by atoms with Crippen molar-refractivity contribution < 1.29 is 9.63 Å². The second-order valence-electron chi connectivity index (χ2n) is 2.06. The van der Waals surface area contributed by atoms with E-state index in [0.717, 1.165) is 0 Å². The molecule has 1 rings (SSSR count). The van der Waals surface area contributed by atoms with Crippen LogP contribution < -0.4 is 5.73 Å². The Kier molecular flexibility index (Phi) is 2.76. The van der Waals surface area contributed by atoms with Crippen LogP contribution >= 0.6 is 11.6 Å². The minimum absolute atomic E-state index is 0.0251. The Morgan fingerprint density at radius 2 is 2.31 bits per heavy atom. The molecule has 1 aromatic rings. The van der Waals surface area contributed by atoms with E-state index in [0.29, 0.717) is 0 Å². The van der Waals surface area contributed by atoms with Crippen LogP contribution in [-0.4, -0.2) is 11.0 Å². The topological polar surface area (TPSA) is 94.6 Å². The minimum Gasteiger partial charge on any atom is -0.384 e. The maximum Gasteiger partial charge on any atom is 0.369 e. The van der Waals surface area contributed by atoms with Gasteiger partial charge >= 0.3 is 5.97 Å². The Labute approximate surface area is 77.6 Å². The van der Waals surface area contributed by atoms with Gasteiger partial charge in [-0.05, 0) is 12.1 Å². The minimum atomic E-state index is -0.925. The van der Waals surface area contributed by atoms with Crippen molar-refractivity contribution >= 4 is 23.4 Å². The zero-order valence-electron chi connectivity index (χ0n) is 6.23. The third kappa shape index (κ3) is 2.38. The predicted molar refractivity (Wildman–Crippen MR) is 44.9 cm³/mol. The van der Waals surface area contributed by atoms with Crippen LogP contribution in [0.1, 0.15) is 10.4 Å². The van der Waals surface area contributed by atoms with Crippen LogP contribution in [0.2, 0.25) is 5.15 Å². The van der Waals surface area contributed by atoms with Gasteiger partial charge in [0.1, 0.15) is 11.0 Å². The average molecular weight is 202 g/mol. The van der Waals surface area contributed by atoms with Gasteiger partial charge < -0.3 is 5.73 Å². The van der Waals surface area contributed by atoms with Gasteiger partial charge in [0.15, 0.2) is 5.34 Å². The molecule has 0 aliphatic carbocycles. The molecule has 0 unspecified atom stereocenters. The highest BCUT2D eigenvalue weighted by Crippen LogP contribution is 2.12. The lowest BCUT2D eigenvalue weighted by Crippen LogP contribution is -2.02. The Bertz CT molecular complexity index is 335.